The van der Waals surface area contributed by atoms with Gasteiger partial charge in [-0.15, -0.1) is 0 Å². The Balaban J connectivity index is 1.74. The molecule has 0 aliphatic heterocycles. The molecule has 28 heavy (non-hydrogen) atoms. The van der Waals surface area contributed by atoms with Crippen LogP contribution in [0.3, 0.4) is 0 Å². The molecule has 0 radical (unpaired) electrons. The second kappa shape index (κ2) is 8.47. The zero-order chi connectivity index (χ0) is 20.1. The van der Waals surface area contributed by atoms with Crippen LogP contribution in [0.25, 0.3) is 10.9 Å². The minimum Gasteiger partial charge on any atom is -0.469 e. The van der Waals surface area contributed by atoms with Crippen LogP contribution in [-0.4, -0.2) is 35.5 Å². The summed E-state index contributed by atoms with van der Waals surface area (Å²) in [6.07, 6.45) is 0.427. The fourth-order valence-electron chi connectivity index (χ4n) is 3.02. The van der Waals surface area contributed by atoms with Crippen molar-refractivity contribution in [3.8, 4) is 0 Å². The molecule has 0 saturated carbocycles. The number of benzene rings is 2. The van der Waals surface area contributed by atoms with E-state index in [0.717, 1.165) is 11.1 Å². The molecule has 7 nitrogen and oxygen atoms in total. The standard InChI is InChI=1S/C21H21N3O4/c1-13-6-5-7-14(10-13)11-15(21(27)28-2)12-22-20(26)18-23-17-9-4-3-8-16(17)19(25)24-18/h3-10,15H,11-12H2,1-2H3,(H,22,26)(H,23,24,25). The highest BCUT2D eigenvalue weighted by Crippen LogP contribution is 2.12. The van der Waals surface area contributed by atoms with E-state index in [2.05, 4.69) is 15.3 Å². The number of carbonyl (C=O) groups is 2. The average molecular weight is 379 g/mol. The number of esters is 1. The minimum absolute atomic E-state index is 0.0655. The largest absolute Gasteiger partial charge is 0.469 e. The Hall–Kier alpha value is -3.48. The minimum atomic E-state index is -0.555. The molecule has 1 aromatic heterocycles. The van der Waals surface area contributed by atoms with Gasteiger partial charge in [-0.25, -0.2) is 4.98 Å². The van der Waals surface area contributed by atoms with Gasteiger partial charge in [-0.2, -0.15) is 0 Å². The second-order valence-electron chi connectivity index (χ2n) is 6.55. The van der Waals surface area contributed by atoms with Crippen molar-refractivity contribution in [3.63, 3.8) is 0 Å². The normalized spacial score (nSPS) is 11.8. The Bertz CT molecular complexity index is 1070. The molecule has 2 N–H and O–H groups in total. The molecule has 2 aromatic carbocycles. The molecule has 0 aliphatic carbocycles. The van der Waals surface area contributed by atoms with Gasteiger partial charge in [-0.3, -0.25) is 14.4 Å². The first-order valence-corrected chi connectivity index (χ1v) is 8.88. The lowest BCUT2D eigenvalue weighted by Gasteiger charge is -2.16. The van der Waals surface area contributed by atoms with E-state index in [1.165, 1.54) is 7.11 Å². The number of hydrogen-bond acceptors (Lipinski definition) is 5. The number of para-hydroxylation sites is 1. The lowest BCUT2D eigenvalue weighted by Crippen LogP contribution is -2.36. The lowest BCUT2D eigenvalue weighted by molar-refractivity contribution is -0.145. The predicted octanol–water partition coefficient (Wildman–Crippen LogP) is 1.99. The fraction of sp³-hybridized carbons (Fsp3) is 0.238. The van der Waals surface area contributed by atoms with Gasteiger partial charge in [0.1, 0.15) is 0 Å². The highest BCUT2D eigenvalue weighted by molar-refractivity contribution is 5.92. The Morgan fingerprint density at radius 1 is 1.18 bits per heavy atom. The summed E-state index contributed by atoms with van der Waals surface area (Å²) in [6, 6.07) is 14.6. The molecular formula is C21H21N3O4. The van der Waals surface area contributed by atoms with Gasteiger partial charge in [-0.1, -0.05) is 42.0 Å². The van der Waals surface area contributed by atoms with Crippen molar-refractivity contribution in [2.75, 3.05) is 13.7 Å². The number of H-pyrrole nitrogens is 1. The molecule has 1 unspecified atom stereocenters. The van der Waals surface area contributed by atoms with Gasteiger partial charge in [0.2, 0.25) is 0 Å². The van der Waals surface area contributed by atoms with Crippen LogP contribution in [0.1, 0.15) is 21.7 Å². The summed E-state index contributed by atoms with van der Waals surface area (Å²) in [6.45, 7) is 2.04. The van der Waals surface area contributed by atoms with Crippen molar-refractivity contribution in [1.82, 2.24) is 15.3 Å². The van der Waals surface area contributed by atoms with E-state index >= 15 is 0 Å². The first kappa shape index (κ1) is 19.3. The molecule has 0 fully saturated rings. The number of hydrogen-bond donors (Lipinski definition) is 2. The third-order valence-corrected chi connectivity index (χ3v) is 4.44. The van der Waals surface area contributed by atoms with Crippen LogP contribution >= 0.6 is 0 Å². The SMILES string of the molecule is COC(=O)C(CNC(=O)c1nc2ccccc2c(=O)[nH]1)Cc1cccc(C)c1. The van der Waals surface area contributed by atoms with Gasteiger partial charge >= 0.3 is 5.97 Å². The Kier molecular flexibility index (Phi) is 5.84. The van der Waals surface area contributed by atoms with Crippen molar-refractivity contribution < 1.29 is 14.3 Å². The fourth-order valence-corrected chi connectivity index (χ4v) is 3.02. The van der Waals surface area contributed by atoms with Gasteiger partial charge in [0, 0.05) is 6.54 Å². The summed E-state index contributed by atoms with van der Waals surface area (Å²) >= 11 is 0. The van der Waals surface area contributed by atoms with Crippen molar-refractivity contribution in [1.29, 1.82) is 0 Å². The quantitative estimate of drug-likeness (QED) is 0.638. The predicted molar refractivity (Wildman–Crippen MR) is 105 cm³/mol. The summed E-state index contributed by atoms with van der Waals surface area (Å²) in [5.41, 5.74) is 2.10. The number of aromatic nitrogens is 2. The summed E-state index contributed by atoms with van der Waals surface area (Å²) in [5, 5.41) is 3.08. The molecule has 1 heterocycles. The zero-order valence-electron chi connectivity index (χ0n) is 15.7. The first-order chi connectivity index (χ1) is 13.5. The first-order valence-electron chi connectivity index (χ1n) is 8.88. The van der Waals surface area contributed by atoms with E-state index in [-0.39, 0.29) is 17.9 Å². The van der Waals surface area contributed by atoms with Gasteiger partial charge in [0.15, 0.2) is 5.82 Å². The van der Waals surface area contributed by atoms with Crippen molar-refractivity contribution in [3.05, 3.63) is 75.8 Å². The van der Waals surface area contributed by atoms with Gasteiger partial charge in [0.25, 0.3) is 11.5 Å². The number of carbonyl (C=O) groups excluding carboxylic acids is 2. The van der Waals surface area contributed by atoms with Crippen molar-refractivity contribution in [2.45, 2.75) is 13.3 Å². The van der Waals surface area contributed by atoms with E-state index in [1.54, 1.807) is 24.3 Å². The summed E-state index contributed by atoms with van der Waals surface area (Å²) in [7, 11) is 1.32. The van der Waals surface area contributed by atoms with Crippen LogP contribution in [0, 0.1) is 12.8 Å². The van der Waals surface area contributed by atoms with Crippen molar-refractivity contribution >= 4 is 22.8 Å². The van der Waals surface area contributed by atoms with E-state index in [0.29, 0.717) is 17.3 Å². The Morgan fingerprint density at radius 3 is 2.71 bits per heavy atom. The molecule has 7 heteroatoms. The molecule has 144 valence electrons. The smallest absolute Gasteiger partial charge is 0.310 e. The maximum absolute atomic E-state index is 12.5. The number of aromatic amines is 1. The maximum atomic E-state index is 12.5. The monoisotopic (exact) mass is 379 g/mol. The second-order valence-corrected chi connectivity index (χ2v) is 6.55. The van der Waals surface area contributed by atoms with E-state index in [4.69, 9.17) is 4.74 Å². The summed E-state index contributed by atoms with van der Waals surface area (Å²) < 4.78 is 4.87. The van der Waals surface area contributed by atoms with Crippen LogP contribution in [0.5, 0.6) is 0 Å². The highest BCUT2D eigenvalue weighted by atomic mass is 16.5. The zero-order valence-corrected chi connectivity index (χ0v) is 15.7. The number of rotatable bonds is 6. The number of amides is 1. The Morgan fingerprint density at radius 2 is 1.96 bits per heavy atom. The van der Waals surface area contributed by atoms with Crippen LogP contribution in [-0.2, 0) is 16.0 Å². The maximum Gasteiger partial charge on any atom is 0.310 e. The van der Waals surface area contributed by atoms with E-state index in [1.807, 2.05) is 31.2 Å². The topological polar surface area (TPSA) is 101 Å². The number of ether oxygens (including phenoxy) is 1. The third kappa shape index (κ3) is 4.43. The summed E-state index contributed by atoms with van der Waals surface area (Å²) in [5.74, 6) is -1.62. The molecule has 1 atom stereocenters. The van der Waals surface area contributed by atoms with Crippen LogP contribution in [0.15, 0.2) is 53.3 Å². The lowest BCUT2D eigenvalue weighted by atomic mass is 9.98. The van der Waals surface area contributed by atoms with E-state index in [9.17, 15) is 14.4 Å². The highest BCUT2D eigenvalue weighted by Gasteiger charge is 2.22. The number of aryl methyl sites for hydroxylation is 1. The number of fused-ring (bicyclic) bond motifs is 1. The average Bonchev–Trinajstić information content (AvgIpc) is 2.70. The van der Waals surface area contributed by atoms with Gasteiger partial charge < -0.3 is 15.0 Å². The molecule has 1 amide bonds. The molecule has 0 aliphatic rings. The van der Waals surface area contributed by atoms with Crippen LogP contribution in [0.4, 0.5) is 0 Å². The van der Waals surface area contributed by atoms with E-state index < -0.39 is 17.8 Å². The number of nitrogens with zero attached hydrogens (tertiary/aromatic N) is 1. The number of methoxy groups -OCH3 is 1. The molecule has 0 saturated heterocycles. The third-order valence-electron chi connectivity index (χ3n) is 4.44. The van der Waals surface area contributed by atoms with Crippen molar-refractivity contribution in [2.24, 2.45) is 5.92 Å². The van der Waals surface area contributed by atoms with Crippen LogP contribution in [0.2, 0.25) is 0 Å². The van der Waals surface area contributed by atoms with Gasteiger partial charge in [0.05, 0.1) is 23.9 Å². The Labute approximate surface area is 161 Å². The van der Waals surface area contributed by atoms with Crippen LogP contribution < -0.4 is 10.9 Å². The molecule has 0 spiro atoms. The molecule has 3 rings (SSSR count). The molecular weight excluding hydrogens is 358 g/mol. The number of nitrogens with one attached hydrogen (secondary N) is 2. The molecule has 0 bridgehead atoms. The molecule has 3 aromatic rings. The van der Waals surface area contributed by atoms with Gasteiger partial charge in [-0.05, 0) is 31.0 Å². The summed E-state index contributed by atoms with van der Waals surface area (Å²) in [4.78, 5) is 43.4.